The van der Waals surface area contributed by atoms with E-state index in [1.54, 1.807) is 13.1 Å². The molecular formula is C11H11N5O. The third-order valence-electron chi connectivity index (χ3n) is 2.15. The van der Waals surface area contributed by atoms with E-state index in [-0.39, 0.29) is 0 Å². The van der Waals surface area contributed by atoms with Gasteiger partial charge >= 0.3 is 6.03 Å². The molecule has 0 radical (unpaired) electrons. The van der Waals surface area contributed by atoms with Crippen molar-refractivity contribution in [2.75, 3.05) is 0 Å². The molecule has 0 spiro atoms. The highest BCUT2D eigenvalue weighted by molar-refractivity contribution is 5.98. The van der Waals surface area contributed by atoms with E-state index in [1.165, 1.54) is 0 Å². The molecular weight excluding hydrogens is 218 g/mol. The first-order chi connectivity index (χ1) is 8.16. The number of rotatable bonds is 2. The fourth-order valence-electron chi connectivity index (χ4n) is 1.33. The summed E-state index contributed by atoms with van der Waals surface area (Å²) < 4.78 is 0. The Morgan fingerprint density at radius 2 is 2.06 bits per heavy atom. The Bertz CT molecular complexity index is 593. The predicted molar refractivity (Wildman–Crippen MR) is 64.5 cm³/mol. The molecule has 1 heterocycles. The SMILES string of the molecule is CC(=NNC(N)=O)c1cnc2ccccc2n1. The maximum Gasteiger partial charge on any atom is 0.332 e. The molecule has 1 aromatic heterocycles. The minimum absolute atomic E-state index is 0.544. The predicted octanol–water partition coefficient (Wildman–Crippen LogP) is 1.02. The van der Waals surface area contributed by atoms with Crippen LogP contribution in [0.4, 0.5) is 4.79 Å². The first-order valence-electron chi connectivity index (χ1n) is 4.99. The zero-order chi connectivity index (χ0) is 12.3. The normalized spacial score (nSPS) is 11.5. The monoisotopic (exact) mass is 229 g/mol. The van der Waals surface area contributed by atoms with Gasteiger partial charge in [0.05, 0.1) is 22.9 Å². The number of hydrogen-bond acceptors (Lipinski definition) is 4. The molecule has 1 aromatic carbocycles. The van der Waals surface area contributed by atoms with Crippen LogP contribution in [-0.2, 0) is 0 Å². The lowest BCUT2D eigenvalue weighted by molar-refractivity contribution is 0.249. The fourth-order valence-corrected chi connectivity index (χ4v) is 1.33. The van der Waals surface area contributed by atoms with Crippen LogP contribution in [0.2, 0.25) is 0 Å². The van der Waals surface area contributed by atoms with Gasteiger partial charge in [-0.05, 0) is 19.1 Å². The van der Waals surface area contributed by atoms with Crippen LogP contribution in [0, 0.1) is 0 Å². The Morgan fingerprint density at radius 3 is 2.76 bits per heavy atom. The van der Waals surface area contributed by atoms with Crippen LogP contribution in [0.3, 0.4) is 0 Å². The van der Waals surface area contributed by atoms with Crippen molar-refractivity contribution in [2.45, 2.75) is 6.92 Å². The van der Waals surface area contributed by atoms with Gasteiger partial charge in [-0.1, -0.05) is 12.1 Å². The lowest BCUT2D eigenvalue weighted by Crippen LogP contribution is -2.25. The van der Waals surface area contributed by atoms with E-state index in [2.05, 4.69) is 20.5 Å². The van der Waals surface area contributed by atoms with Gasteiger partial charge in [-0.3, -0.25) is 4.98 Å². The van der Waals surface area contributed by atoms with Crippen LogP contribution in [0.15, 0.2) is 35.6 Å². The second kappa shape index (κ2) is 4.56. The molecule has 0 saturated heterocycles. The molecule has 0 fully saturated rings. The van der Waals surface area contributed by atoms with Gasteiger partial charge in [-0.15, -0.1) is 0 Å². The number of para-hydroxylation sites is 2. The summed E-state index contributed by atoms with van der Waals surface area (Å²) in [5, 5.41) is 3.79. The zero-order valence-electron chi connectivity index (χ0n) is 9.21. The summed E-state index contributed by atoms with van der Waals surface area (Å²) in [6.45, 7) is 1.72. The largest absolute Gasteiger partial charge is 0.350 e. The molecule has 2 aromatic rings. The molecule has 3 N–H and O–H groups in total. The number of carbonyl (C=O) groups excluding carboxylic acids is 1. The molecule has 0 saturated carbocycles. The molecule has 0 unspecified atom stereocenters. The van der Waals surface area contributed by atoms with Gasteiger partial charge in [0.15, 0.2) is 0 Å². The van der Waals surface area contributed by atoms with Crippen LogP contribution >= 0.6 is 0 Å². The molecule has 0 aliphatic rings. The van der Waals surface area contributed by atoms with Crippen molar-refractivity contribution in [1.29, 1.82) is 0 Å². The number of fused-ring (bicyclic) bond motifs is 1. The average Bonchev–Trinajstić information content (AvgIpc) is 2.35. The second-order valence-electron chi connectivity index (χ2n) is 3.42. The maximum atomic E-state index is 10.5. The number of hydrogen-bond donors (Lipinski definition) is 2. The summed E-state index contributed by atoms with van der Waals surface area (Å²) in [6.07, 6.45) is 1.60. The van der Waals surface area contributed by atoms with Crippen molar-refractivity contribution in [3.63, 3.8) is 0 Å². The molecule has 0 aliphatic carbocycles. The Morgan fingerprint density at radius 1 is 1.35 bits per heavy atom. The third-order valence-corrected chi connectivity index (χ3v) is 2.15. The zero-order valence-corrected chi connectivity index (χ0v) is 9.21. The van der Waals surface area contributed by atoms with E-state index in [0.717, 1.165) is 11.0 Å². The highest BCUT2D eigenvalue weighted by atomic mass is 16.2. The Kier molecular flexibility index (Phi) is 2.95. The van der Waals surface area contributed by atoms with Crippen LogP contribution in [0.1, 0.15) is 12.6 Å². The van der Waals surface area contributed by atoms with Crippen LogP contribution in [0.25, 0.3) is 11.0 Å². The van der Waals surface area contributed by atoms with Gasteiger partial charge in [0, 0.05) is 0 Å². The summed E-state index contributed by atoms with van der Waals surface area (Å²) in [5.74, 6) is 0. The first-order valence-corrected chi connectivity index (χ1v) is 4.99. The van der Waals surface area contributed by atoms with Gasteiger partial charge in [0.1, 0.15) is 5.69 Å². The molecule has 0 atom stereocenters. The van der Waals surface area contributed by atoms with Crippen molar-refractivity contribution in [2.24, 2.45) is 10.8 Å². The van der Waals surface area contributed by atoms with Crippen molar-refractivity contribution >= 4 is 22.8 Å². The highest BCUT2D eigenvalue weighted by Gasteiger charge is 2.02. The van der Waals surface area contributed by atoms with E-state index in [9.17, 15) is 4.79 Å². The van der Waals surface area contributed by atoms with E-state index in [4.69, 9.17) is 5.73 Å². The summed E-state index contributed by atoms with van der Waals surface area (Å²) in [6, 6.07) is 6.81. The van der Waals surface area contributed by atoms with E-state index in [0.29, 0.717) is 11.4 Å². The van der Waals surface area contributed by atoms with Gasteiger partial charge in [-0.2, -0.15) is 5.10 Å². The van der Waals surface area contributed by atoms with E-state index < -0.39 is 6.03 Å². The van der Waals surface area contributed by atoms with Gasteiger partial charge in [-0.25, -0.2) is 15.2 Å². The van der Waals surface area contributed by atoms with Crippen LogP contribution < -0.4 is 11.2 Å². The number of nitrogens with zero attached hydrogens (tertiary/aromatic N) is 3. The van der Waals surface area contributed by atoms with Crippen LogP contribution in [0.5, 0.6) is 0 Å². The highest BCUT2D eigenvalue weighted by Crippen LogP contribution is 2.08. The Hall–Kier alpha value is -2.50. The Balaban J connectivity index is 2.36. The second-order valence-corrected chi connectivity index (χ2v) is 3.42. The lowest BCUT2D eigenvalue weighted by atomic mass is 10.2. The molecule has 86 valence electrons. The number of amides is 2. The average molecular weight is 229 g/mol. The van der Waals surface area contributed by atoms with Crippen molar-refractivity contribution in [3.05, 3.63) is 36.2 Å². The van der Waals surface area contributed by atoms with E-state index in [1.807, 2.05) is 24.3 Å². The number of carbonyl (C=O) groups is 1. The smallest absolute Gasteiger partial charge is 0.332 e. The number of nitrogens with one attached hydrogen (secondary N) is 1. The summed E-state index contributed by atoms with van der Waals surface area (Å²) in [4.78, 5) is 19.1. The number of primary amides is 1. The standard InChI is InChI=1S/C11H11N5O/c1-7(15-16-11(12)17)10-6-13-8-4-2-3-5-9(8)14-10/h2-6H,1H3,(H3,12,16,17). The maximum absolute atomic E-state index is 10.5. The summed E-state index contributed by atoms with van der Waals surface area (Å²) in [5.41, 5.74) is 9.79. The van der Waals surface area contributed by atoms with Crippen LogP contribution in [-0.4, -0.2) is 21.7 Å². The van der Waals surface area contributed by atoms with E-state index >= 15 is 0 Å². The first kappa shape index (κ1) is 11.0. The number of hydrazone groups is 1. The van der Waals surface area contributed by atoms with Crippen molar-refractivity contribution in [1.82, 2.24) is 15.4 Å². The topological polar surface area (TPSA) is 93.3 Å². The lowest BCUT2D eigenvalue weighted by Gasteiger charge is -2.01. The molecule has 6 nitrogen and oxygen atoms in total. The van der Waals surface area contributed by atoms with Gasteiger partial charge in [0.25, 0.3) is 0 Å². The fraction of sp³-hybridized carbons (Fsp3) is 0.0909. The minimum atomic E-state index is -0.710. The molecule has 0 aliphatic heterocycles. The number of urea groups is 1. The number of aromatic nitrogens is 2. The third kappa shape index (κ3) is 2.54. The van der Waals surface area contributed by atoms with Crippen molar-refractivity contribution < 1.29 is 4.79 Å². The summed E-state index contributed by atoms with van der Waals surface area (Å²) in [7, 11) is 0. The molecule has 2 rings (SSSR count). The number of benzene rings is 1. The summed E-state index contributed by atoms with van der Waals surface area (Å²) >= 11 is 0. The molecule has 6 heteroatoms. The molecule has 17 heavy (non-hydrogen) atoms. The minimum Gasteiger partial charge on any atom is -0.350 e. The van der Waals surface area contributed by atoms with Crippen molar-refractivity contribution in [3.8, 4) is 0 Å². The number of nitrogens with two attached hydrogens (primary N) is 1. The molecule has 0 bridgehead atoms. The quantitative estimate of drug-likeness (QED) is 0.594. The van der Waals surface area contributed by atoms with Gasteiger partial charge < -0.3 is 5.73 Å². The van der Waals surface area contributed by atoms with Gasteiger partial charge in [0.2, 0.25) is 0 Å². The molecule has 2 amide bonds. The Labute approximate surface area is 97.6 Å².